The fourth-order valence-electron chi connectivity index (χ4n) is 1.84. The van der Waals surface area contributed by atoms with Gasteiger partial charge in [-0.2, -0.15) is 0 Å². The van der Waals surface area contributed by atoms with Crippen molar-refractivity contribution in [3.05, 3.63) is 59.6 Å². The van der Waals surface area contributed by atoms with Crippen LogP contribution in [0.1, 0.15) is 16.1 Å². The molecular weight excluding hydrogens is 274 g/mol. The molecule has 0 spiro atoms. The van der Waals surface area contributed by atoms with Crippen LogP contribution in [0.5, 0.6) is 0 Å². The summed E-state index contributed by atoms with van der Waals surface area (Å²) in [7, 11) is 0. The van der Waals surface area contributed by atoms with Gasteiger partial charge in [0.25, 0.3) is 5.91 Å². The lowest BCUT2D eigenvalue weighted by Crippen LogP contribution is -2.23. The Labute approximate surface area is 119 Å². The number of carbonyl (C=O) groups excluding carboxylic acids is 1. The van der Waals surface area contributed by atoms with Gasteiger partial charge in [-0.3, -0.25) is 4.79 Å². The number of nitrogens with zero attached hydrogens (tertiary/aromatic N) is 4. The summed E-state index contributed by atoms with van der Waals surface area (Å²) in [5.74, 6) is -0.223. The zero-order chi connectivity index (χ0) is 13.8. The molecule has 0 saturated carbocycles. The van der Waals surface area contributed by atoms with Crippen molar-refractivity contribution in [3.8, 4) is 5.69 Å². The van der Waals surface area contributed by atoms with Crippen LogP contribution in [0.3, 0.4) is 0 Å². The number of hydrogen-bond donors (Lipinski definition) is 1. The van der Waals surface area contributed by atoms with E-state index in [2.05, 4.69) is 19.9 Å². The molecule has 7 heteroatoms. The summed E-state index contributed by atoms with van der Waals surface area (Å²) in [4.78, 5) is 15.9. The monoisotopic (exact) mass is 285 g/mol. The second kappa shape index (κ2) is 5.62. The quantitative estimate of drug-likeness (QED) is 0.791. The van der Waals surface area contributed by atoms with E-state index < -0.39 is 0 Å². The third-order valence-electron chi connectivity index (χ3n) is 2.81. The topological polar surface area (TPSA) is 72.7 Å². The molecule has 0 aliphatic rings. The third-order valence-corrected chi connectivity index (χ3v) is 3.31. The predicted octanol–water partition coefficient (Wildman–Crippen LogP) is 1.65. The standard InChI is InChI=1S/C13H11N5OS/c19-13(11-8-20-17-16-11)15-7-10-3-1-2-4-12(10)18-6-5-14-9-18/h1-6,8-9H,7H2,(H,15,19). The van der Waals surface area contributed by atoms with Gasteiger partial charge in [0.2, 0.25) is 0 Å². The maximum absolute atomic E-state index is 11.9. The Morgan fingerprint density at radius 1 is 1.35 bits per heavy atom. The van der Waals surface area contributed by atoms with Crippen LogP contribution in [-0.4, -0.2) is 25.0 Å². The Hall–Kier alpha value is -2.54. The van der Waals surface area contributed by atoms with E-state index in [9.17, 15) is 4.79 Å². The second-order valence-electron chi connectivity index (χ2n) is 4.07. The van der Waals surface area contributed by atoms with Gasteiger partial charge < -0.3 is 9.88 Å². The highest BCUT2D eigenvalue weighted by molar-refractivity contribution is 7.03. The molecule has 0 fully saturated rings. The normalized spacial score (nSPS) is 10.4. The zero-order valence-electron chi connectivity index (χ0n) is 10.4. The van der Waals surface area contributed by atoms with Crippen molar-refractivity contribution in [1.29, 1.82) is 0 Å². The number of carbonyl (C=O) groups is 1. The predicted molar refractivity (Wildman–Crippen MR) is 74.6 cm³/mol. The highest BCUT2D eigenvalue weighted by Gasteiger charge is 2.10. The largest absolute Gasteiger partial charge is 0.346 e. The minimum Gasteiger partial charge on any atom is -0.346 e. The summed E-state index contributed by atoms with van der Waals surface area (Å²) in [6.45, 7) is 0.421. The molecular formula is C13H11N5OS. The second-order valence-corrected chi connectivity index (χ2v) is 4.68. The summed E-state index contributed by atoms with van der Waals surface area (Å²) in [6, 6.07) is 7.83. The van der Waals surface area contributed by atoms with Gasteiger partial charge in [0.1, 0.15) is 0 Å². The van der Waals surface area contributed by atoms with E-state index >= 15 is 0 Å². The molecule has 20 heavy (non-hydrogen) atoms. The van der Waals surface area contributed by atoms with Crippen LogP contribution in [0.2, 0.25) is 0 Å². The summed E-state index contributed by atoms with van der Waals surface area (Å²) in [5, 5.41) is 8.20. The molecule has 6 nitrogen and oxygen atoms in total. The van der Waals surface area contributed by atoms with Gasteiger partial charge >= 0.3 is 0 Å². The van der Waals surface area contributed by atoms with E-state index in [0.29, 0.717) is 12.2 Å². The fourth-order valence-corrected chi connectivity index (χ4v) is 2.28. The number of para-hydroxylation sites is 1. The third kappa shape index (κ3) is 2.57. The molecule has 0 atom stereocenters. The highest BCUT2D eigenvalue weighted by Crippen LogP contribution is 2.14. The van der Waals surface area contributed by atoms with Crippen molar-refractivity contribution in [2.24, 2.45) is 0 Å². The van der Waals surface area contributed by atoms with Gasteiger partial charge in [-0.25, -0.2) is 4.98 Å². The van der Waals surface area contributed by atoms with Crippen LogP contribution in [-0.2, 0) is 6.54 Å². The maximum atomic E-state index is 11.9. The molecule has 3 aromatic rings. The molecule has 0 bridgehead atoms. The summed E-state index contributed by atoms with van der Waals surface area (Å²) in [6.07, 6.45) is 5.31. The lowest BCUT2D eigenvalue weighted by molar-refractivity contribution is 0.0946. The fraction of sp³-hybridized carbons (Fsp3) is 0.0769. The first-order valence-electron chi connectivity index (χ1n) is 5.96. The number of imidazole rings is 1. The lowest BCUT2D eigenvalue weighted by atomic mass is 10.1. The van der Waals surface area contributed by atoms with Crippen molar-refractivity contribution in [2.45, 2.75) is 6.54 Å². The first-order valence-corrected chi connectivity index (χ1v) is 6.80. The van der Waals surface area contributed by atoms with Crippen molar-refractivity contribution in [2.75, 3.05) is 0 Å². The number of rotatable bonds is 4. The van der Waals surface area contributed by atoms with Crippen LogP contribution in [0.15, 0.2) is 48.4 Å². The van der Waals surface area contributed by atoms with Crippen LogP contribution in [0, 0.1) is 0 Å². The summed E-state index contributed by atoms with van der Waals surface area (Å²) >= 11 is 1.16. The molecule has 0 radical (unpaired) electrons. The number of benzene rings is 1. The first-order chi connectivity index (χ1) is 9.84. The van der Waals surface area contributed by atoms with Crippen LogP contribution in [0.4, 0.5) is 0 Å². The van der Waals surface area contributed by atoms with Crippen molar-refractivity contribution in [3.63, 3.8) is 0 Å². The van der Waals surface area contributed by atoms with Crippen LogP contribution < -0.4 is 5.32 Å². The van der Waals surface area contributed by atoms with Gasteiger partial charge in [-0.15, -0.1) is 5.10 Å². The Balaban J connectivity index is 1.77. The minimum atomic E-state index is -0.223. The van der Waals surface area contributed by atoms with Crippen molar-refractivity contribution in [1.82, 2.24) is 24.5 Å². The van der Waals surface area contributed by atoms with E-state index in [0.717, 1.165) is 22.8 Å². The average molecular weight is 285 g/mol. The van der Waals surface area contributed by atoms with Gasteiger partial charge in [-0.05, 0) is 23.2 Å². The summed E-state index contributed by atoms with van der Waals surface area (Å²) in [5.41, 5.74) is 2.33. The molecule has 0 unspecified atom stereocenters. The molecule has 0 aliphatic heterocycles. The molecule has 0 saturated heterocycles. The Bertz CT molecular complexity index is 693. The van der Waals surface area contributed by atoms with E-state index in [1.54, 1.807) is 17.9 Å². The molecule has 0 aliphatic carbocycles. The lowest BCUT2D eigenvalue weighted by Gasteiger charge is -2.10. The van der Waals surface area contributed by atoms with E-state index in [4.69, 9.17) is 0 Å². The first kappa shape index (κ1) is 12.5. The van der Waals surface area contributed by atoms with E-state index in [1.807, 2.05) is 35.0 Å². The Morgan fingerprint density at radius 2 is 2.25 bits per heavy atom. The molecule has 1 amide bonds. The molecule has 1 aromatic carbocycles. The summed E-state index contributed by atoms with van der Waals surface area (Å²) < 4.78 is 5.58. The SMILES string of the molecule is O=C(NCc1ccccc1-n1ccnc1)c1csnn1. The maximum Gasteiger partial charge on any atom is 0.273 e. The molecule has 100 valence electrons. The van der Waals surface area contributed by atoms with Crippen LogP contribution >= 0.6 is 11.5 Å². The highest BCUT2D eigenvalue weighted by atomic mass is 32.1. The molecule has 1 N–H and O–H groups in total. The van der Waals surface area contributed by atoms with Gasteiger partial charge in [0.05, 0.1) is 12.0 Å². The van der Waals surface area contributed by atoms with Crippen molar-refractivity contribution < 1.29 is 4.79 Å². The van der Waals surface area contributed by atoms with Gasteiger partial charge in [0.15, 0.2) is 5.69 Å². The smallest absolute Gasteiger partial charge is 0.273 e. The Kier molecular flexibility index (Phi) is 3.51. The molecule has 2 heterocycles. The molecule has 3 rings (SSSR count). The molecule has 2 aromatic heterocycles. The number of aromatic nitrogens is 4. The number of nitrogens with one attached hydrogen (secondary N) is 1. The van der Waals surface area contributed by atoms with E-state index in [-0.39, 0.29) is 5.91 Å². The number of hydrogen-bond acceptors (Lipinski definition) is 5. The Morgan fingerprint density at radius 3 is 3.00 bits per heavy atom. The average Bonchev–Trinajstić information content (AvgIpc) is 3.17. The minimum absolute atomic E-state index is 0.223. The van der Waals surface area contributed by atoms with Crippen molar-refractivity contribution >= 4 is 17.4 Å². The number of amides is 1. The van der Waals surface area contributed by atoms with E-state index in [1.165, 1.54) is 0 Å². The van der Waals surface area contributed by atoms with Gasteiger partial charge in [-0.1, -0.05) is 22.7 Å². The van der Waals surface area contributed by atoms with Gasteiger partial charge in [0, 0.05) is 24.3 Å². The van der Waals surface area contributed by atoms with Crippen LogP contribution in [0.25, 0.3) is 5.69 Å². The zero-order valence-corrected chi connectivity index (χ0v) is 11.2.